The highest BCUT2D eigenvalue weighted by Crippen LogP contribution is 1.06. The Bertz CT molecular complexity index is 32.8. The molecule has 0 aliphatic rings. The van der Waals surface area contributed by atoms with Gasteiger partial charge in [-0.3, -0.25) is 4.79 Å². The van der Waals surface area contributed by atoms with Crippen LogP contribution in [0.15, 0.2) is 0 Å². The minimum absolute atomic E-state index is 0.438. The van der Waals surface area contributed by atoms with E-state index in [-0.39, 0.29) is 0 Å². The van der Waals surface area contributed by atoms with Gasteiger partial charge in [-0.15, -0.1) is 0 Å². The first-order valence-corrected chi connectivity index (χ1v) is 0.813. The summed E-state index contributed by atoms with van der Waals surface area (Å²) in [5.74, 6) is 0. The number of amides is 1. The molecule has 0 bridgehead atoms. The first-order chi connectivity index (χ1) is 2.41. The first kappa shape index (κ1) is 1.82. The molecule has 0 spiro atoms. The Balaban J connectivity index is 2.40. The van der Waals surface area contributed by atoms with Gasteiger partial charge in [-0.1, -0.05) is 0 Å². The third-order valence-electron chi connectivity index (χ3n) is 0.0680. The van der Waals surface area contributed by atoms with E-state index in [0.717, 1.165) is 7.94 Å². The molecule has 3 heteroatoms. The van der Waals surface area contributed by atoms with Crippen LogP contribution < -0.4 is 5.23 Å². The molecule has 0 saturated heterocycles. The van der Waals surface area contributed by atoms with Crippen LogP contribution in [0, 0.1) is 0 Å². The average molecular weight is 56.9 g/mol. The molecule has 0 rings (SSSR count). The monoisotopic (exact) mass is 57.0 g/mol. The van der Waals surface area contributed by atoms with E-state index in [1.54, 1.807) is 0 Å². The number of carbonyl (C=O) groups is 1. The van der Waals surface area contributed by atoms with Crippen LogP contribution in [-0.2, 0) is 4.79 Å². The van der Waals surface area contributed by atoms with E-state index < -0.39 is 0 Å². The van der Waals surface area contributed by atoms with Crippen molar-refractivity contribution >= 4 is 14.4 Å². The van der Waals surface area contributed by atoms with E-state index >= 15 is 0 Å². The smallest absolute Gasteiger partial charge is 0.223 e. The molecule has 0 unspecified atom stereocenters. The number of hydrogen-bond acceptors (Lipinski definition) is 1. The molecule has 0 aliphatic carbocycles. The van der Waals surface area contributed by atoms with Crippen LogP contribution in [0.5, 0.6) is 0 Å². The van der Waals surface area contributed by atoms with Crippen molar-refractivity contribution in [3.05, 3.63) is 0 Å². The summed E-state index contributed by atoms with van der Waals surface area (Å²) in [6.45, 7) is 0. The zero-order valence-electron chi connectivity index (χ0n) is 3.06. The highest BCUT2D eigenvalue weighted by atomic mass is 16.1. The predicted octanol–water partition coefficient (Wildman–Crippen LogP) is -1.45. The van der Waals surface area contributed by atoms with E-state index in [1.165, 1.54) is 0 Å². The Morgan fingerprint density at radius 3 is 3.25 bits per heavy atom. The molecule has 4 heavy (non-hydrogen) atoms. The van der Waals surface area contributed by atoms with Crippen molar-refractivity contribution in [2.75, 3.05) is 0 Å². The topological polar surface area (TPSA) is 29.1 Å². The van der Waals surface area contributed by atoms with Gasteiger partial charge in [-0.25, -0.2) is 0 Å². The molecule has 0 saturated carbocycles. The van der Waals surface area contributed by atoms with Gasteiger partial charge in [0.15, 0.2) is 6.41 Å². The average Bonchev–Trinajstić information content (AvgIpc) is 1.41. The van der Waals surface area contributed by atoms with Gasteiger partial charge in [0.05, 0.1) is 0 Å². The Kier molecular flexibility index (Phi) is 1.15. The van der Waals surface area contributed by atoms with Gasteiger partial charge in [0, 0.05) is 1.34 Å². The third kappa shape index (κ3) is 1.53. The molecule has 1 N–H and O–H groups in total. The molecule has 0 atom stereocenters. The SMILES string of the molecule is [2H][B]NC=O. The van der Waals surface area contributed by atoms with E-state index in [0.29, 0.717) is 6.41 Å². The fraction of sp³-hybridized carbons (Fsp3) is 0. The van der Waals surface area contributed by atoms with Gasteiger partial charge in [0.1, 0.15) is 0 Å². The van der Waals surface area contributed by atoms with Crippen molar-refractivity contribution in [1.82, 2.24) is 5.23 Å². The molecular weight excluding hydrogens is 52.8 g/mol. The summed E-state index contributed by atoms with van der Waals surface area (Å²) in [4.78, 5) is 9.14. The zero-order valence-corrected chi connectivity index (χ0v) is 2.06. The second-order valence-corrected chi connectivity index (χ2v) is 0.285. The van der Waals surface area contributed by atoms with Crippen LogP contribution in [0.2, 0.25) is 0 Å². The summed E-state index contributed by atoms with van der Waals surface area (Å²) in [6, 6.07) is 0. The second kappa shape index (κ2) is 2.53. The van der Waals surface area contributed by atoms with Crippen LogP contribution in [-0.4, -0.2) is 15.7 Å². The van der Waals surface area contributed by atoms with E-state index in [2.05, 4.69) is 0 Å². The predicted molar refractivity (Wildman–Crippen MR) is 16.3 cm³/mol. The van der Waals surface area contributed by atoms with Crippen molar-refractivity contribution in [2.45, 2.75) is 0 Å². The fourth-order valence-corrected chi connectivity index (χ4v) is 0. The van der Waals surface area contributed by atoms with Gasteiger partial charge >= 0.3 is 0 Å². The molecule has 21 valence electrons. The maximum absolute atomic E-state index is 9.14. The normalized spacial score (nSPS) is 7.50. The van der Waals surface area contributed by atoms with Crippen molar-refractivity contribution in [2.24, 2.45) is 0 Å². The van der Waals surface area contributed by atoms with E-state index in [4.69, 9.17) is 6.13 Å². The summed E-state index contributed by atoms with van der Waals surface area (Å²) < 4.78 is 6.14. The van der Waals surface area contributed by atoms with E-state index in [9.17, 15) is 0 Å². The van der Waals surface area contributed by atoms with Gasteiger partial charge < -0.3 is 5.23 Å². The van der Waals surface area contributed by atoms with Gasteiger partial charge in [-0.05, 0) is 0 Å². The van der Waals surface area contributed by atoms with Crippen LogP contribution in [0.25, 0.3) is 0 Å². The molecule has 0 aromatic carbocycles. The lowest BCUT2D eigenvalue weighted by molar-refractivity contribution is -0.108. The quantitative estimate of drug-likeness (QED) is 0.305. The maximum Gasteiger partial charge on any atom is 0.223 e. The van der Waals surface area contributed by atoms with Crippen molar-refractivity contribution < 1.29 is 4.79 Å². The van der Waals surface area contributed by atoms with E-state index in [1.807, 2.05) is 5.23 Å². The summed E-state index contributed by atoms with van der Waals surface area (Å²) in [5, 5.41) is 1.97. The molecule has 1 radical (unpaired) electrons. The van der Waals surface area contributed by atoms with Gasteiger partial charge in [-0.2, -0.15) is 0 Å². The Labute approximate surface area is 27.0 Å². The lowest BCUT2D eigenvalue weighted by Gasteiger charge is -1.63. The summed E-state index contributed by atoms with van der Waals surface area (Å²) >= 11 is 0. The number of hydrogen-bond donors (Lipinski definition) is 1. The highest BCUT2D eigenvalue weighted by molar-refractivity contribution is 6.10. The number of carbonyl (C=O) groups excluding carboxylic acids is 1. The van der Waals surface area contributed by atoms with Gasteiger partial charge in [0.2, 0.25) is 7.94 Å². The Hall–Kier alpha value is -0.465. The molecule has 0 aromatic heterocycles. The van der Waals surface area contributed by atoms with Gasteiger partial charge in [0.25, 0.3) is 0 Å². The van der Waals surface area contributed by atoms with Crippen molar-refractivity contribution in [1.29, 1.82) is 1.34 Å². The molecule has 0 aliphatic heterocycles. The molecule has 0 fully saturated rings. The molecule has 1 amide bonds. The minimum atomic E-state index is 0.438. The van der Waals surface area contributed by atoms with Crippen molar-refractivity contribution in [3.63, 3.8) is 0 Å². The number of rotatable bonds is 2. The standard InChI is InChI=1S/CH3BNO/c2-3-1-4/h1-2H,(H,3,4)/i2D. The summed E-state index contributed by atoms with van der Waals surface area (Å²) in [6.07, 6.45) is 0.438. The lowest BCUT2D eigenvalue weighted by atomic mass is 10.5. The molecule has 2 nitrogen and oxygen atoms in total. The fourth-order valence-electron chi connectivity index (χ4n) is 0. The van der Waals surface area contributed by atoms with Crippen molar-refractivity contribution in [3.8, 4) is 0 Å². The first-order valence-electron chi connectivity index (χ1n) is 1.39. The Morgan fingerprint density at radius 1 is 2.50 bits per heavy atom. The third-order valence-corrected chi connectivity index (χ3v) is 0.0680. The second-order valence-electron chi connectivity index (χ2n) is 0.285. The lowest BCUT2D eigenvalue weighted by Crippen LogP contribution is -2.01. The largest absolute Gasteiger partial charge is 0.410 e. The highest BCUT2D eigenvalue weighted by Gasteiger charge is 1.45. The van der Waals surface area contributed by atoms with Crippen LogP contribution in [0.3, 0.4) is 0 Å². The summed E-state index contributed by atoms with van der Waals surface area (Å²) in [7, 11) is 0.812. The molecular formula is CH3BNO. The van der Waals surface area contributed by atoms with Crippen LogP contribution in [0.1, 0.15) is 0 Å². The summed E-state index contributed by atoms with van der Waals surface area (Å²) in [5.41, 5.74) is 0. The Morgan fingerprint density at radius 2 is 3.25 bits per heavy atom. The maximum atomic E-state index is 9.14. The zero-order chi connectivity index (χ0) is 4.12. The molecule has 0 aromatic rings. The van der Waals surface area contributed by atoms with Crippen LogP contribution >= 0.6 is 0 Å². The molecule has 0 heterocycles. The number of nitrogens with one attached hydrogen (secondary N) is 1. The minimum Gasteiger partial charge on any atom is -0.410 e. The van der Waals surface area contributed by atoms with Crippen LogP contribution in [0.4, 0.5) is 0 Å².